The number of hydrogen-bond donors (Lipinski definition) is 1. The Hall–Kier alpha value is -3.14. The molecule has 8 nitrogen and oxygen atoms in total. The molecule has 0 aliphatic carbocycles. The van der Waals surface area contributed by atoms with Crippen LogP contribution in [0, 0.1) is 11.2 Å². The highest BCUT2D eigenvalue weighted by Crippen LogP contribution is 2.21. The Balaban J connectivity index is 1.84. The molecule has 3 rings (SSSR count). The summed E-state index contributed by atoms with van der Waals surface area (Å²) in [6.45, 7) is 7.72. The molecule has 10 heteroatoms. The van der Waals surface area contributed by atoms with Crippen molar-refractivity contribution in [1.82, 2.24) is 19.4 Å². The minimum absolute atomic E-state index is 0.338. The van der Waals surface area contributed by atoms with Crippen LogP contribution < -0.4 is 0 Å². The van der Waals surface area contributed by atoms with Crippen LogP contribution in [0.5, 0.6) is 0 Å². The first-order valence-corrected chi connectivity index (χ1v) is 11.2. The lowest BCUT2D eigenvalue weighted by Crippen LogP contribution is -2.45. The summed E-state index contributed by atoms with van der Waals surface area (Å²) in [5, 5.41) is 8.27. The standard InChI is InChI=1S/C24H29ClFN7O/c1-4-21(28-2)22(15-27)30-24(14-23-29-7-8-33(23)17-34-3)32-11-9-31(10-12-32)16-18-5-6-19(26)13-20(18)25/h4-8,13-15,27H,1,9-12,16-17H2,2-3H3/b24-14-,27-15?,28-21?,30-22-. The molecule has 34 heavy (non-hydrogen) atoms. The SMILES string of the molecule is C=CC(=NC)/C(C=N)=N\C(=C\c1nccn1COC)N1CCN(Cc2ccc(F)cc2Cl)CC1. The molecular weight excluding hydrogens is 457 g/mol. The number of nitrogens with one attached hydrogen (secondary N) is 1. The third kappa shape index (κ3) is 6.47. The van der Waals surface area contributed by atoms with E-state index in [2.05, 4.69) is 26.4 Å². The number of nitrogens with zero attached hydrogens (tertiary/aromatic N) is 6. The van der Waals surface area contributed by atoms with E-state index < -0.39 is 0 Å². The molecule has 1 fully saturated rings. The van der Waals surface area contributed by atoms with Gasteiger partial charge in [-0.3, -0.25) is 9.89 Å². The van der Waals surface area contributed by atoms with Gasteiger partial charge in [0.1, 0.15) is 29.9 Å². The Kier molecular flexibility index (Phi) is 9.26. The summed E-state index contributed by atoms with van der Waals surface area (Å²) in [7, 11) is 3.27. The van der Waals surface area contributed by atoms with Crippen molar-refractivity contribution in [2.75, 3.05) is 40.3 Å². The van der Waals surface area contributed by atoms with Crippen molar-refractivity contribution in [2.24, 2.45) is 9.98 Å². The molecule has 1 aliphatic rings. The van der Waals surface area contributed by atoms with Gasteiger partial charge in [0.2, 0.25) is 0 Å². The van der Waals surface area contributed by atoms with Crippen molar-refractivity contribution in [3.8, 4) is 0 Å². The van der Waals surface area contributed by atoms with Crippen LogP contribution in [0.2, 0.25) is 5.02 Å². The first kappa shape index (κ1) is 25.5. The van der Waals surface area contributed by atoms with Crippen molar-refractivity contribution < 1.29 is 9.13 Å². The number of halogens is 2. The number of allylic oxidation sites excluding steroid dienone is 1. The molecule has 1 saturated heterocycles. The number of hydrogen-bond acceptors (Lipinski definition) is 7. The van der Waals surface area contributed by atoms with Crippen LogP contribution >= 0.6 is 11.6 Å². The summed E-state index contributed by atoms with van der Waals surface area (Å²) in [4.78, 5) is 17.8. The molecule has 2 aromatic rings. The smallest absolute Gasteiger partial charge is 0.138 e. The van der Waals surface area contributed by atoms with Gasteiger partial charge in [-0.2, -0.15) is 0 Å². The van der Waals surface area contributed by atoms with E-state index in [0.717, 1.165) is 18.7 Å². The first-order chi connectivity index (χ1) is 16.5. The third-order valence-electron chi connectivity index (χ3n) is 5.45. The highest BCUT2D eigenvalue weighted by Gasteiger charge is 2.21. The fraction of sp³-hybridized carbons (Fsp3) is 0.333. The Morgan fingerprint density at radius 1 is 1.29 bits per heavy atom. The van der Waals surface area contributed by atoms with Gasteiger partial charge >= 0.3 is 0 Å². The summed E-state index contributed by atoms with van der Waals surface area (Å²) < 4.78 is 20.5. The zero-order chi connectivity index (χ0) is 24.5. The van der Waals surface area contributed by atoms with Crippen molar-refractivity contribution >= 4 is 35.3 Å². The van der Waals surface area contributed by atoms with Gasteiger partial charge in [0.05, 0.1) is 5.71 Å². The zero-order valence-electron chi connectivity index (χ0n) is 19.4. The van der Waals surface area contributed by atoms with Crippen LogP contribution in [0.4, 0.5) is 4.39 Å². The fourth-order valence-electron chi connectivity index (χ4n) is 3.64. The van der Waals surface area contributed by atoms with E-state index in [1.807, 2.05) is 16.8 Å². The number of benzene rings is 1. The highest BCUT2D eigenvalue weighted by atomic mass is 35.5. The van der Waals surface area contributed by atoms with Gasteiger partial charge in [-0.25, -0.2) is 14.4 Å². The Morgan fingerprint density at radius 3 is 2.68 bits per heavy atom. The Morgan fingerprint density at radius 2 is 2.06 bits per heavy atom. The second kappa shape index (κ2) is 12.4. The Labute approximate surface area is 204 Å². The molecule has 1 aromatic heterocycles. The first-order valence-electron chi connectivity index (χ1n) is 10.8. The second-order valence-electron chi connectivity index (χ2n) is 7.63. The maximum atomic E-state index is 13.4. The van der Waals surface area contributed by atoms with Crippen LogP contribution in [-0.2, 0) is 18.0 Å². The largest absolute Gasteiger partial charge is 0.364 e. The van der Waals surface area contributed by atoms with Crippen molar-refractivity contribution in [3.63, 3.8) is 0 Å². The van der Waals surface area contributed by atoms with Crippen LogP contribution in [0.1, 0.15) is 11.4 Å². The molecule has 1 aliphatic heterocycles. The van der Waals surface area contributed by atoms with Crippen molar-refractivity contribution in [3.05, 3.63) is 71.3 Å². The van der Waals surface area contributed by atoms with E-state index in [4.69, 9.17) is 26.7 Å². The summed E-state index contributed by atoms with van der Waals surface area (Å²) in [6.07, 6.45) is 8.17. The third-order valence-corrected chi connectivity index (χ3v) is 5.80. The molecule has 0 bridgehead atoms. The van der Waals surface area contributed by atoms with Crippen LogP contribution in [0.25, 0.3) is 6.08 Å². The number of ether oxygens (including phenoxy) is 1. The number of aromatic nitrogens is 2. The van der Waals surface area contributed by atoms with Gasteiger partial charge in [0.25, 0.3) is 0 Å². The fourth-order valence-corrected chi connectivity index (χ4v) is 3.87. The van der Waals surface area contributed by atoms with Gasteiger partial charge in [0, 0.05) is 76.6 Å². The van der Waals surface area contributed by atoms with E-state index >= 15 is 0 Å². The minimum Gasteiger partial charge on any atom is -0.364 e. The lowest BCUT2D eigenvalue weighted by atomic mass is 10.2. The summed E-state index contributed by atoms with van der Waals surface area (Å²) in [5.41, 5.74) is 1.84. The van der Waals surface area contributed by atoms with Crippen molar-refractivity contribution in [2.45, 2.75) is 13.3 Å². The summed E-state index contributed by atoms with van der Waals surface area (Å²) in [6, 6.07) is 4.50. The van der Waals surface area contributed by atoms with Crippen LogP contribution in [0.3, 0.4) is 0 Å². The maximum absolute atomic E-state index is 13.4. The molecule has 2 heterocycles. The molecule has 0 unspecified atom stereocenters. The van der Waals surface area contributed by atoms with Gasteiger partial charge < -0.3 is 19.6 Å². The average molecular weight is 486 g/mol. The minimum atomic E-state index is -0.338. The number of imidazole rings is 1. The van der Waals surface area contributed by atoms with E-state index in [9.17, 15) is 4.39 Å². The zero-order valence-corrected chi connectivity index (χ0v) is 20.2. The predicted molar refractivity (Wildman–Crippen MR) is 135 cm³/mol. The van der Waals surface area contributed by atoms with Gasteiger partial charge in [-0.15, -0.1) is 0 Å². The number of piperazine rings is 1. The monoisotopic (exact) mass is 485 g/mol. The number of rotatable bonds is 10. The molecule has 1 N–H and O–H groups in total. The lowest BCUT2D eigenvalue weighted by Gasteiger charge is -2.36. The summed E-state index contributed by atoms with van der Waals surface area (Å²) in [5.74, 6) is 1.03. The van der Waals surface area contributed by atoms with E-state index in [0.29, 0.717) is 54.5 Å². The second-order valence-corrected chi connectivity index (χ2v) is 8.04. The molecule has 180 valence electrons. The van der Waals surface area contributed by atoms with Gasteiger partial charge in [0.15, 0.2) is 0 Å². The van der Waals surface area contributed by atoms with Gasteiger partial charge in [-0.1, -0.05) is 24.2 Å². The average Bonchev–Trinajstić information content (AvgIpc) is 3.27. The lowest BCUT2D eigenvalue weighted by molar-refractivity contribution is 0.130. The Bertz CT molecular complexity index is 1100. The number of aliphatic imine (C=N–C) groups is 2. The molecule has 0 amide bonds. The van der Waals surface area contributed by atoms with E-state index in [1.165, 1.54) is 18.3 Å². The van der Waals surface area contributed by atoms with Crippen LogP contribution in [-0.4, -0.2) is 77.3 Å². The van der Waals surface area contributed by atoms with E-state index in [1.54, 1.807) is 32.5 Å². The van der Waals surface area contributed by atoms with Gasteiger partial charge in [-0.05, 0) is 23.8 Å². The molecule has 0 spiro atoms. The van der Waals surface area contributed by atoms with Crippen LogP contribution in [0.15, 0.2) is 59.1 Å². The predicted octanol–water partition coefficient (Wildman–Crippen LogP) is 3.74. The summed E-state index contributed by atoms with van der Waals surface area (Å²) >= 11 is 6.21. The van der Waals surface area contributed by atoms with E-state index in [-0.39, 0.29) is 5.82 Å². The molecular formula is C24H29ClFN7O. The molecule has 0 atom stereocenters. The molecule has 0 radical (unpaired) electrons. The highest BCUT2D eigenvalue weighted by molar-refractivity contribution is 6.64. The molecule has 1 aromatic carbocycles. The topological polar surface area (TPSA) is 82.1 Å². The molecule has 0 saturated carbocycles. The quantitative estimate of drug-likeness (QED) is 0.520. The maximum Gasteiger partial charge on any atom is 0.138 e. The normalized spacial score (nSPS) is 16.1. The van der Waals surface area contributed by atoms with Crippen molar-refractivity contribution in [1.29, 1.82) is 5.41 Å². The number of methoxy groups -OCH3 is 1.